The summed E-state index contributed by atoms with van der Waals surface area (Å²) >= 11 is 5.87. The average molecular weight is 414 g/mol. The predicted molar refractivity (Wildman–Crippen MR) is 103 cm³/mol. The van der Waals surface area contributed by atoms with Crippen molar-refractivity contribution in [3.8, 4) is 11.5 Å². The van der Waals surface area contributed by atoms with Crippen molar-refractivity contribution >= 4 is 29.3 Å². The van der Waals surface area contributed by atoms with Crippen LogP contribution < -0.4 is 14.8 Å². The van der Waals surface area contributed by atoms with E-state index in [1.54, 1.807) is 18.2 Å². The van der Waals surface area contributed by atoms with Crippen LogP contribution in [-0.4, -0.2) is 19.6 Å². The molecule has 0 atom stereocenters. The van der Waals surface area contributed by atoms with Gasteiger partial charge in [0, 0.05) is 6.08 Å². The van der Waals surface area contributed by atoms with Gasteiger partial charge in [0.2, 0.25) is 5.91 Å². The lowest BCUT2D eigenvalue weighted by Crippen LogP contribution is -2.11. The quantitative estimate of drug-likeness (QED) is 0.583. The summed E-state index contributed by atoms with van der Waals surface area (Å²) in [5, 5.41) is 2.36. The molecule has 0 saturated heterocycles. The first-order valence-electron chi connectivity index (χ1n) is 8.41. The molecule has 1 amide bonds. The lowest BCUT2D eigenvalue weighted by molar-refractivity contribution is -0.137. The Morgan fingerprint density at radius 2 is 1.93 bits per heavy atom. The molecule has 8 heteroatoms. The van der Waals surface area contributed by atoms with Crippen LogP contribution in [0, 0.1) is 0 Å². The molecular weight excluding hydrogens is 395 g/mol. The standard InChI is InChI=1S/C20H19ClF3NO3/c1-3-10-28-17-8-4-13(11-18(17)27-2)5-9-19(26)25-16-12-14(20(22,23)24)6-7-15(16)21/h4-9,11-12H,3,10H2,1-2H3,(H,25,26). The summed E-state index contributed by atoms with van der Waals surface area (Å²) in [4.78, 5) is 12.1. The van der Waals surface area contributed by atoms with Gasteiger partial charge < -0.3 is 14.8 Å². The molecular formula is C20H19ClF3NO3. The second kappa shape index (κ2) is 9.50. The maximum Gasteiger partial charge on any atom is 0.416 e. The van der Waals surface area contributed by atoms with Gasteiger partial charge in [-0.15, -0.1) is 0 Å². The lowest BCUT2D eigenvalue weighted by atomic mass is 10.1. The minimum absolute atomic E-state index is 0.00819. The number of ether oxygens (including phenoxy) is 2. The topological polar surface area (TPSA) is 47.6 Å². The zero-order chi connectivity index (χ0) is 20.7. The molecule has 0 heterocycles. The minimum Gasteiger partial charge on any atom is -0.493 e. The normalized spacial score (nSPS) is 11.5. The summed E-state index contributed by atoms with van der Waals surface area (Å²) < 4.78 is 49.2. The van der Waals surface area contributed by atoms with Crippen LogP contribution in [0.25, 0.3) is 6.08 Å². The number of hydrogen-bond donors (Lipinski definition) is 1. The van der Waals surface area contributed by atoms with E-state index in [0.29, 0.717) is 23.7 Å². The van der Waals surface area contributed by atoms with Crippen LogP contribution >= 0.6 is 11.6 Å². The molecule has 28 heavy (non-hydrogen) atoms. The van der Waals surface area contributed by atoms with Gasteiger partial charge in [0.25, 0.3) is 0 Å². The molecule has 0 bridgehead atoms. The summed E-state index contributed by atoms with van der Waals surface area (Å²) in [5.41, 5.74) is -0.360. The van der Waals surface area contributed by atoms with Gasteiger partial charge in [0.05, 0.1) is 30.0 Å². The molecule has 2 aromatic carbocycles. The highest BCUT2D eigenvalue weighted by atomic mass is 35.5. The Morgan fingerprint density at radius 3 is 2.57 bits per heavy atom. The monoisotopic (exact) mass is 413 g/mol. The zero-order valence-electron chi connectivity index (χ0n) is 15.3. The third-order valence-electron chi connectivity index (χ3n) is 3.63. The van der Waals surface area contributed by atoms with Crippen molar-refractivity contribution in [2.75, 3.05) is 19.0 Å². The van der Waals surface area contributed by atoms with E-state index in [9.17, 15) is 18.0 Å². The Hall–Kier alpha value is -2.67. The van der Waals surface area contributed by atoms with E-state index in [4.69, 9.17) is 21.1 Å². The Balaban J connectivity index is 2.12. The van der Waals surface area contributed by atoms with Gasteiger partial charge in [-0.1, -0.05) is 24.6 Å². The van der Waals surface area contributed by atoms with Crippen molar-refractivity contribution in [3.63, 3.8) is 0 Å². The number of rotatable bonds is 7. The number of carbonyl (C=O) groups excluding carboxylic acids is 1. The number of methoxy groups -OCH3 is 1. The number of anilines is 1. The Kier molecular flexibility index (Phi) is 7.34. The first kappa shape index (κ1) is 21.6. The Morgan fingerprint density at radius 1 is 1.18 bits per heavy atom. The average Bonchev–Trinajstić information content (AvgIpc) is 2.65. The lowest BCUT2D eigenvalue weighted by Gasteiger charge is -2.11. The summed E-state index contributed by atoms with van der Waals surface area (Å²) in [6.07, 6.45) is -0.984. The highest BCUT2D eigenvalue weighted by Crippen LogP contribution is 2.34. The second-order valence-corrected chi connectivity index (χ2v) is 6.18. The van der Waals surface area contributed by atoms with E-state index < -0.39 is 17.6 Å². The Labute approximate surface area is 165 Å². The van der Waals surface area contributed by atoms with Crippen molar-refractivity contribution in [1.29, 1.82) is 0 Å². The van der Waals surface area contributed by atoms with E-state index in [1.165, 1.54) is 19.3 Å². The SMILES string of the molecule is CCCOc1ccc(C=CC(=O)Nc2cc(C(F)(F)F)ccc2Cl)cc1OC. The van der Waals surface area contributed by atoms with E-state index in [1.807, 2.05) is 6.92 Å². The van der Waals surface area contributed by atoms with E-state index in [-0.39, 0.29) is 10.7 Å². The van der Waals surface area contributed by atoms with E-state index >= 15 is 0 Å². The van der Waals surface area contributed by atoms with Gasteiger partial charge in [-0.25, -0.2) is 0 Å². The van der Waals surface area contributed by atoms with Crippen LogP contribution in [0.2, 0.25) is 5.02 Å². The van der Waals surface area contributed by atoms with E-state index in [2.05, 4.69) is 5.32 Å². The predicted octanol–water partition coefficient (Wildman–Crippen LogP) is 5.81. The van der Waals surface area contributed by atoms with Crippen LogP contribution in [0.15, 0.2) is 42.5 Å². The summed E-state index contributed by atoms with van der Waals surface area (Å²) in [5.74, 6) is 0.477. The second-order valence-electron chi connectivity index (χ2n) is 5.77. The molecule has 0 aliphatic carbocycles. The van der Waals surface area contributed by atoms with Gasteiger partial charge in [-0.05, 0) is 48.4 Å². The number of benzene rings is 2. The third kappa shape index (κ3) is 5.92. The van der Waals surface area contributed by atoms with Gasteiger partial charge in [-0.2, -0.15) is 13.2 Å². The van der Waals surface area contributed by atoms with Crippen molar-refractivity contribution in [2.45, 2.75) is 19.5 Å². The zero-order valence-corrected chi connectivity index (χ0v) is 16.0. The summed E-state index contributed by atoms with van der Waals surface area (Å²) in [6, 6.07) is 7.86. The molecule has 150 valence electrons. The molecule has 0 radical (unpaired) electrons. The highest BCUT2D eigenvalue weighted by Gasteiger charge is 2.31. The molecule has 0 spiro atoms. The van der Waals surface area contributed by atoms with Crippen LogP contribution in [-0.2, 0) is 11.0 Å². The van der Waals surface area contributed by atoms with Crippen LogP contribution in [0.5, 0.6) is 11.5 Å². The number of hydrogen-bond acceptors (Lipinski definition) is 3. The smallest absolute Gasteiger partial charge is 0.416 e. The molecule has 0 aromatic heterocycles. The molecule has 0 unspecified atom stereocenters. The fourth-order valence-corrected chi connectivity index (χ4v) is 2.43. The fraction of sp³-hybridized carbons (Fsp3) is 0.250. The first-order chi connectivity index (χ1) is 13.2. The van der Waals surface area contributed by atoms with Crippen molar-refractivity contribution in [3.05, 3.63) is 58.6 Å². The van der Waals surface area contributed by atoms with E-state index in [0.717, 1.165) is 24.6 Å². The molecule has 2 aromatic rings. The van der Waals surface area contributed by atoms with Crippen LogP contribution in [0.3, 0.4) is 0 Å². The number of nitrogens with one attached hydrogen (secondary N) is 1. The maximum atomic E-state index is 12.8. The molecule has 4 nitrogen and oxygen atoms in total. The third-order valence-corrected chi connectivity index (χ3v) is 3.96. The van der Waals surface area contributed by atoms with Crippen molar-refractivity contribution in [1.82, 2.24) is 0 Å². The maximum absolute atomic E-state index is 12.8. The molecule has 1 N–H and O–H groups in total. The number of carbonyl (C=O) groups is 1. The first-order valence-corrected chi connectivity index (χ1v) is 8.79. The van der Waals surface area contributed by atoms with Gasteiger partial charge >= 0.3 is 6.18 Å². The minimum atomic E-state index is -4.53. The van der Waals surface area contributed by atoms with Crippen molar-refractivity contribution < 1.29 is 27.4 Å². The van der Waals surface area contributed by atoms with Gasteiger partial charge in [0.15, 0.2) is 11.5 Å². The molecule has 0 aliphatic rings. The Bertz CT molecular complexity index is 866. The van der Waals surface area contributed by atoms with Gasteiger partial charge in [0.1, 0.15) is 0 Å². The number of amides is 1. The molecule has 2 rings (SSSR count). The summed E-state index contributed by atoms with van der Waals surface area (Å²) in [7, 11) is 1.50. The molecule has 0 aliphatic heterocycles. The van der Waals surface area contributed by atoms with Gasteiger partial charge in [-0.3, -0.25) is 4.79 Å². The summed E-state index contributed by atoms with van der Waals surface area (Å²) in [6.45, 7) is 2.53. The molecule has 0 fully saturated rings. The fourth-order valence-electron chi connectivity index (χ4n) is 2.26. The highest BCUT2D eigenvalue weighted by molar-refractivity contribution is 6.33. The van der Waals surface area contributed by atoms with Crippen LogP contribution in [0.1, 0.15) is 24.5 Å². The largest absolute Gasteiger partial charge is 0.493 e. The number of alkyl halides is 3. The van der Waals surface area contributed by atoms with Crippen LogP contribution in [0.4, 0.5) is 18.9 Å². The molecule has 0 saturated carbocycles. The number of halogens is 4. The van der Waals surface area contributed by atoms with Crippen molar-refractivity contribution in [2.24, 2.45) is 0 Å².